The third-order valence-corrected chi connectivity index (χ3v) is 11.3. The smallest absolute Gasteiger partial charge is 0.263 e. The van der Waals surface area contributed by atoms with Crippen LogP contribution in [0.3, 0.4) is 0 Å². The summed E-state index contributed by atoms with van der Waals surface area (Å²) in [6.45, 7) is 0. The highest BCUT2D eigenvalue weighted by Gasteiger charge is 2.21. The van der Waals surface area contributed by atoms with Gasteiger partial charge < -0.3 is 4.57 Å². The average Bonchev–Trinajstić information content (AvgIpc) is 3.78. The summed E-state index contributed by atoms with van der Waals surface area (Å²) in [5.74, 6) is 0. The summed E-state index contributed by atoms with van der Waals surface area (Å²) >= 11 is 1.88. The molecule has 0 bridgehead atoms. The molecule has 218 valence electrons. The SMILES string of the molecule is O=c1c2ccccc2c2cccc3c4cc(-c5ccccc5-n5c6ccccc6c6c7sc8ccccc8c7ccc65)ccc4n1c23. The van der Waals surface area contributed by atoms with Gasteiger partial charge in [-0.25, -0.2) is 0 Å². The van der Waals surface area contributed by atoms with Crippen molar-refractivity contribution in [3.63, 3.8) is 0 Å². The number of rotatable bonds is 2. The molecule has 0 atom stereocenters. The van der Waals surface area contributed by atoms with Crippen LogP contribution in [0.5, 0.6) is 0 Å². The van der Waals surface area contributed by atoms with Gasteiger partial charge in [0, 0.05) is 58.1 Å². The Morgan fingerprint density at radius 3 is 2.04 bits per heavy atom. The fourth-order valence-electron chi connectivity index (χ4n) is 8.10. The van der Waals surface area contributed by atoms with E-state index in [9.17, 15) is 4.79 Å². The lowest BCUT2D eigenvalue weighted by atomic mass is 10.00. The molecule has 7 aromatic carbocycles. The maximum Gasteiger partial charge on any atom is 0.263 e. The fraction of sp³-hybridized carbons (Fsp3) is 0. The summed E-state index contributed by atoms with van der Waals surface area (Å²) in [4.78, 5) is 13.9. The topological polar surface area (TPSA) is 26.4 Å². The number of hydrogen-bond donors (Lipinski definition) is 0. The molecule has 0 aliphatic carbocycles. The van der Waals surface area contributed by atoms with Gasteiger partial charge in [0.25, 0.3) is 5.56 Å². The maximum absolute atomic E-state index is 13.9. The monoisotopic (exact) mass is 616 g/mol. The minimum absolute atomic E-state index is 0.0327. The molecule has 0 N–H and O–H groups in total. The summed E-state index contributed by atoms with van der Waals surface area (Å²) < 4.78 is 7.00. The second kappa shape index (κ2) is 9.06. The third-order valence-electron chi connectivity index (χ3n) is 10.1. The van der Waals surface area contributed by atoms with Crippen LogP contribution in [0.25, 0.3) is 96.8 Å². The minimum Gasteiger partial charge on any atom is -0.309 e. The maximum atomic E-state index is 13.9. The molecule has 11 aromatic rings. The molecule has 0 saturated heterocycles. The van der Waals surface area contributed by atoms with Crippen LogP contribution in [-0.4, -0.2) is 8.97 Å². The summed E-state index contributed by atoms with van der Waals surface area (Å²) in [5, 5.41) is 10.2. The van der Waals surface area contributed by atoms with Gasteiger partial charge in [-0.05, 0) is 53.4 Å². The highest BCUT2D eigenvalue weighted by atomic mass is 32.1. The van der Waals surface area contributed by atoms with Gasteiger partial charge in [0.15, 0.2) is 0 Å². The number of pyridine rings is 1. The lowest BCUT2D eigenvalue weighted by molar-refractivity contribution is 1.18. The zero-order valence-electron chi connectivity index (χ0n) is 25.1. The fourth-order valence-corrected chi connectivity index (χ4v) is 9.36. The van der Waals surface area contributed by atoms with Crippen LogP contribution in [0.15, 0.2) is 150 Å². The number of benzene rings is 7. The van der Waals surface area contributed by atoms with Crippen molar-refractivity contribution in [2.75, 3.05) is 0 Å². The largest absolute Gasteiger partial charge is 0.309 e. The Bertz CT molecular complexity index is 3160. The number of thiophene rings is 1. The Morgan fingerprint density at radius 2 is 1.15 bits per heavy atom. The van der Waals surface area contributed by atoms with Crippen LogP contribution in [0, 0.1) is 0 Å². The Hall–Kier alpha value is -5.97. The molecular weight excluding hydrogens is 593 g/mol. The Morgan fingerprint density at radius 1 is 0.468 bits per heavy atom. The predicted octanol–water partition coefficient (Wildman–Crippen LogP) is 11.3. The second-order valence-corrected chi connectivity index (χ2v) is 13.5. The van der Waals surface area contributed by atoms with Gasteiger partial charge in [0.05, 0.1) is 27.8 Å². The first-order valence-corrected chi connectivity index (χ1v) is 16.7. The molecule has 11 rings (SSSR count). The van der Waals surface area contributed by atoms with Crippen LogP contribution in [0.1, 0.15) is 0 Å². The molecule has 0 fully saturated rings. The molecule has 0 aliphatic rings. The van der Waals surface area contributed by atoms with Gasteiger partial charge in [-0.1, -0.05) is 103 Å². The van der Waals surface area contributed by atoms with E-state index < -0.39 is 0 Å². The zero-order valence-corrected chi connectivity index (χ0v) is 25.9. The van der Waals surface area contributed by atoms with Crippen molar-refractivity contribution in [2.24, 2.45) is 0 Å². The highest BCUT2D eigenvalue weighted by Crippen LogP contribution is 2.44. The Labute approximate surface area is 272 Å². The normalized spacial score (nSPS) is 12.3. The lowest BCUT2D eigenvalue weighted by Gasteiger charge is -2.14. The van der Waals surface area contributed by atoms with E-state index in [2.05, 4.69) is 132 Å². The molecule has 47 heavy (non-hydrogen) atoms. The molecule has 4 heteroatoms. The average molecular weight is 617 g/mol. The van der Waals surface area contributed by atoms with Crippen molar-refractivity contribution in [2.45, 2.75) is 0 Å². The first-order valence-electron chi connectivity index (χ1n) is 15.9. The molecule has 0 amide bonds. The number of hydrogen-bond acceptors (Lipinski definition) is 2. The molecule has 4 aromatic heterocycles. The second-order valence-electron chi connectivity index (χ2n) is 12.4. The summed E-state index contributed by atoms with van der Waals surface area (Å²) in [6.07, 6.45) is 0. The van der Waals surface area contributed by atoms with Crippen molar-refractivity contribution in [3.05, 3.63) is 156 Å². The number of aromatic nitrogens is 2. The van der Waals surface area contributed by atoms with Gasteiger partial charge >= 0.3 is 0 Å². The molecule has 0 radical (unpaired) electrons. The first-order chi connectivity index (χ1) is 23.3. The van der Waals surface area contributed by atoms with E-state index >= 15 is 0 Å². The molecule has 0 aliphatic heterocycles. The van der Waals surface area contributed by atoms with Crippen molar-refractivity contribution in [1.29, 1.82) is 0 Å². The number of para-hydroxylation sites is 3. The molecular formula is C43H24N2OS. The standard InChI is InChI=1S/C43H24N2OS/c46-43-32-13-2-1-11-27(32)29-15-9-16-30-34-24-25(20-22-37(34)45(43)41(29)30)26-10-3-6-17-35(26)44-36-18-7-4-14-33(36)40-38(44)23-21-31-28-12-5-8-19-39(28)47-42(31)40/h1-24H. The van der Waals surface area contributed by atoms with E-state index in [0.29, 0.717) is 0 Å². The highest BCUT2D eigenvalue weighted by molar-refractivity contribution is 7.26. The quantitative estimate of drug-likeness (QED) is 0.178. The van der Waals surface area contributed by atoms with Gasteiger partial charge in [0.2, 0.25) is 0 Å². The summed E-state index contributed by atoms with van der Waals surface area (Å²) in [5.41, 5.74) is 7.76. The van der Waals surface area contributed by atoms with Crippen molar-refractivity contribution >= 4 is 91.3 Å². The van der Waals surface area contributed by atoms with Crippen molar-refractivity contribution in [1.82, 2.24) is 8.97 Å². The van der Waals surface area contributed by atoms with Crippen molar-refractivity contribution in [3.8, 4) is 16.8 Å². The minimum atomic E-state index is 0.0327. The van der Waals surface area contributed by atoms with Gasteiger partial charge in [-0.15, -0.1) is 11.3 Å². The summed E-state index contributed by atoms with van der Waals surface area (Å²) in [7, 11) is 0. The van der Waals surface area contributed by atoms with Crippen LogP contribution >= 0.6 is 11.3 Å². The van der Waals surface area contributed by atoms with E-state index in [-0.39, 0.29) is 5.56 Å². The zero-order chi connectivity index (χ0) is 30.8. The van der Waals surface area contributed by atoms with E-state index in [1.807, 2.05) is 33.9 Å². The van der Waals surface area contributed by atoms with Crippen LogP contribution in [0.4, 0.5) is 0 Å². The molecule has 0 spiro atoms. The van der Waals surface area contributed by atoms with Gasteiger partial charge in [0.1, 0.15) is 0 Å². The van der Waals surface area contributed by atoms with Crippen LogP contribution < -0.4 is 5.56 Å². The molecule has 0 unspecified atom stereocenters. The predicted molar refractivity (Wildman–Crippen MR) is 200 cm³/mol. The molecule has 0 saturated carbocycles. The summed E-state index contributed by atoms with van der Waals surface area (Å²) in [6, 6.07) is 51.7. The Balaban J connectivity index is 1.22. The lowest BCUT2D eigenvalue weighted by Crippen LogP contribution is -2.12. The van der Waals surface area contributed by atoms with E-state index in [4.69, 9.17) is 0 Å². The molecule has 4 heterocycles. The Kier molecular flexibility index (Phi) is 4.87. The van der Waals surface area contributed by atoms with Gasteiger partial charge in [-0.3, -0.25) is 9.20 Å². The first kappa shape index (κ1) is 25.2. The number of fused-ring (bicyclic) bond motifs is 12. The van der Waals surface area contributed by atoms with Crippen LogP contribution in [-0.2, 0) is 0 Å². The van der Waals surface area contributed by atoms with E-state index in [0.717, 1.165) is 54.8 Å². The van der Waals surface area contributed by atoms with Gasteiger partial charge in [-0.2, -0.15) is 0 Å². The van der Waals surface area contributed by atoms with Crippen LogP contribution in [0.2, 0.25) is 0 Å². The third kappa shape index (κ3) is 3.22. The van der Waals surface area contributed by atoms with E-state index in [1.165, 1.54) is 42.0 Å². The number of nitrogens with zero attached hydrogens (tertiary/aromatic N) is 2. The molecule has 3 nitrogen and oxygen atoms in total. The van der Waals surface area contributed by atoms with E-state index in [1.54, 1.807) is 0 Å². The van der Waals surface area contributed by atoms with Crippen molar-refractivity contribution < 1.29 is 0 Å².